The Labute approximate surface area is 174 Å². The third kappa shape index (κ3) is 3.28. The quantitative estimate of drug-likeness (QED) is 0.522. The molecule has 0 aliphatic carbocycles. The van der Waals surface area contributed by atoms with Crippen LogP contribution in [0.3, 0.4) is 0 Å². The van der Waals surface area contributed by atoms with Crippen LogP contribution in [-0.4, -0.2) is 37.3 Å². The summed E-state index contributed by atoms with van der Waals surface area (Å²) in [5.74, 6) is 0.868. The highest BCUT2D eigenvalue weighted by Gasteiger charge is 2.30. The van der Waals surface area contributed by atoms with Crippen molar-refractivity contribution in [1.82, 2.24) is 24.8 Å². The number of rotatable bonds is 4. The highest BCUT2D eigenvalue weighted by Crippen LogP contribution is 2.32. The smallest absolute Gasteiger partial charge is 0.247 e. The summed E-state index contributed by atoms with van der Waals surface area (Å²) in [6, 6.07) is 18.1. The van der Waals surface area contributed by atoms with Gasteiger partial charge in [0, 0.05) is 24.1 Å². The highest BCUT2D eigenvalue weighted by atomic mass is 16.5. The topological polar surface area (TPSA) is 77.0 Å². The average molecular weight is 399 g/mol. The molecule has 30 heavy (non-hydrogen) atoms. The molecular weight excluding hydrogens is 378 g/mol. The van der Waals surface area contributed by atoms with Crippen molar-refractivity contribution >= 4 is 5.91 Å². The Balaban J connectivity index is 1.39. The van der Waals surface area contributed by atoms with Crippen molar-refractivity contribution in [3.05, 3.63) is 78.6 Å². The van der Waals surface area contributed by atoms with Gasteiger partial charge in [-0.05, 0) is 18.1 Å². The van der Waals surface area contributed by atoms with E-state index in [-0.39, 0.29) is 5.91 Å². The van der Waals surface area contributed by atoms with Gasteiger partial charge in [0.1, 0.15) is 30.2 Å². The minimum Gasteiger partial charge on any atom is -0.360 e. The fourth-order valence-electron chi connectivity index (χ4n) is 3.87. The van der Waals surface area contributed by atoms with Crippen molar-refractivity contribution < 1.29 is 9.32 Å². The molecular formula is C23H21N5O2. The van der Waals surface area contributed by atoms with E-state index < -0.39 is 6.04 Å². The lowest BCUT2D eigenvalue weighted by Gasteiger charge is -2.28. The fourth-order valence-corrected chi connectivity index (χ4v) is 3.87. The van der Waals surface area contributed by atoms with Crippen molar-refractivity contribution in [3.8, 4) is 22.4 Å². The van der Waals surface area contributed by atoms with Gasteiger partial charge in [-0.15, -0.1) is 0 Å². The Morgan fingerprint density at radius 2 is 1.77 bits per heavy atom. The summed E-state index contributed by atoms with van der Waals surface area (Å²) < 4.78 is 7.18. The summed E-state index contributed by atoms with van der Waals surface area (Å²) in [5.41, 5.74) is 5.09. The molecule has 0 fully saturated rings. The summed E-state index contributed by atoms with van der Waals surface area (Å²) >= 11 is 0. The van der Waals surface area contributed by atoms with E-state index in [1.165, 1.54) is 11.9 Å². The van der Waals surface area contributed by atoms with Crippen molar-refractivity contribution in [1.29, 1.82) is 0 Å². The number of carbonyl (C=O) groups excluding carboxylic acids is 1. The lowest BCUT2D eigenvalue weighted by molar-refractivity contribution is -0.135. The highest BCUT2D eigenvalue weighted by molar-refractivity contribution is 5.80. The van der Waals surface area contributed by atoms with E-state index in [4.69, 9.17) is 4.52 Å². The summed E-state index contributed by atoms with van der Waals surface area (Å²) in [7, 11) is 0. The molecule has 0 N–H and O–H groups in total. The van der Waals surface area contributed by atoms with E-state index in [2.05, 4.69) is 51.6 Å². The lowest BCUT2D eigenvalue weighted by Crippen LogP contribution is -2.39. The molecule has 150 valence electrons. The van der Waals surface area contributed by atoms with E-state index in [1.54, 1.807) is 11.0 Å². The molecule has 4 aromatic rings. The summed E-state index contributed by atoms with van der Waals surface area (Å²) in [6.45, 7) is 2.92. The molecule has 1 aliphatic heterocycles. The van der Waals surface area contributed by atoms with Gasteiger partial charge in [0.2, 0.25) is 5.91 Å². The number of amides is 1. The number of aromatic nitrogens is 4. The van der Waals surface area contributed by atoms with E-state index >= 15 is 0 Å². The average Bonchev–Trinajstić information content (AvgIpc) is 3.49. The standard InChI is InChI=1S/C23H21N5O2/c1-16(28-15-24-14-25-28)23(29)27-12-11-21-20(13-27)22(26-30-21)19-9-7-18(8-10-19)17-5-3-2-4-6-17/h2-10,14-16H,11-13H2,1H3. The fraction of sp³-hybridized carbons (Fsp3) is 0.217. The van der Waals surface area contributed by atoms with Gasteiger partial charge in [0.25, 0.3) is 0 Å². The minimum absolute atomic E-state index is 0.0118. The molecule has 2 aromatic heterocycles. The van der Waals surface area contributed by atoms with Crippen LogP contribution < -0.4 is 0 Å². The van der Waals surface area contributed by atoms with Crippen LogP contribution in [0.5, 0.6) is 0 Å². The number of hydrogen-bond donors (Lipinski definition) is 0. The first-order chi connectivity index (χ1) is 14.7. The van der Waals surface area contributed by atoms with Gasteiger partial charge in [-0.3, -0.25) is 4.79 Å². The molecule has 0 bridgehead atoms. The maximum absolute atomic E-state index is 13.0. The molecule has 0 spiro atoms. The molecule has 1 atom stereocenters. The first-order valence-corrected chi connectivity index (χ1v) is 9.97. The maximum Gasteiger partial charge on any atom is 0.247 e. The Morgan fingerprint density at radius 3 is 2.50 bits per heavy atom. The number of benzene rings is 2. The zero-order valence-electron chi connectivity index (χ0n) is 16.6. The first kappa shape index (κ1) is 18.3. The summed E-state index contributed by atoms with van der Waals surface area (Å²) in [4.78, 5) is 18.7. The van der Waals surface area contributed by atoms with Gasteiger partial charge in [-0.25, -0.2) is 9.67 Å². The normalized spacial score (nSPS) is 14.4. The molecule has 1 unspecified atom stereocenters. The van der Waals surface area contributed by atoms with Crippen LogP contribution in [0.4, 0.5) is 0 Å². The SMILES string of the molecule is CC(C(=O)N1CCc2onc(-c3ccc(-c4ccccc4)cc3)c2C1)n1cncn1. The van der Waals surface area contributed by atoms with Gasteiger partial charge >= 0.3 is 0 Å². The molecule has 5 rings (SSSR count). The second kappa shape index (κ2) is 7.59. The van der Waals surface area contributed by atoms with Crippen LogP contribution in [-0.2, 0) is 17.8 Å². The first-order valence-electron chi connectivity index (χ1n) is 9.97. The third-order valence-corrected chi connectivity index (χ3v) is 5.60. The van der Waals surface area contributed by atoms with Crippen LogP contribution in [0.25, 0.3) is 22.4 Å². The Bertz CT molecular complexity index is 1150. The van der Waals surface area contributed by atoms with Gasteiger partial charge in [-0.1, -0.05) is 59.8 Å². The predicted molar refractivity (Wildman–Crippen MR) is 111 cm³/mol. The van der Waals surface area contributed by atoms with E-state index in [0.29, 0.717) is 19.5 Å². The Morgan fingerprint density at radius 1 is 1.03 bits per heavy atom. The second-order valence-electron chi connectivity index (χ2n) is 7.44. The van der Waals surface area contributed by atoms with Crippen LogP contribution in [0.2, 0.25) is 0 Å². The van der Waals surface area contributed by atoms with Gasteiger partial charge in [0.05, 0.1) is 6.54 Å². The Kier molecular flexibility index (Phi) is 4.63. The minimum atomic E-state index is -0.400. The summed E-state index contributed by atoms with van der Waals surface area (Å²) in [6.07, 6.45) is 3.66. The van der Waals surface area contributed by atoms with Crippen molar-refractivity contribution in [2.24, 2.45) is 0 Å². The molecule has 2 aromatic carbocycles. The van der Waals surface area contributed by atoms with Gasteiger partial charge in [0.15, 0.2) is 0 Å². The van der Waals surface area contributed by atoms with E-state index in [1.807, 2.05) is 30.0 Å². The van der Waals surface area contributed by atoms with Crippen molar-refractivity contribution in [2.45, 2.75) is 25.9 Å². The molecule has 1 amide bonds. The molecule has 7 nitrogen and oxygen atoms in total. The number of hydrogen-bond acceptors (Lipinski definition) is 5. The number of carbonyl (C=O) groups is 1. The van der Waals surface area contributed by atoms with Crippen LogP contribution in [0.15, 0.2) is 71.8 Å². The molecule has 3 heterocycles. The van der Waals surface area contributed by atoms with E-state index in [0.717, 1.165) is 28.1 Å². The maximum atomic E-state index is 13.0. The predicted octanol–water partition coefficient (Wildman–Crippen LogP) is 3.75. The van der Waals surface area contributed by atoms with Crippen molar-refractivity contribution in [2.75, 3.05) is 6.54 Å². The summed E-state index contributed by atoms with van der Waals surface area (Å²) in [5, 5.41) is 8.41. The zero-order chi connectivity index (χ0) is 20.5. The van der Waals surface area contributed by atoms with Crippen molar-refractivity contribution in [3.63, 3.8) is 0 Å². The zero-order valence-corrected chi connectivity index (χ0v) is 16.6. The Hall–Kier alpha value is -3.74. The largest absolute Gasteiger partial charge is 0.360 e. The van der Waals surface area contributed by atoms with Gasteiger partial charge in [-0.2, -0.15) is 5.10 Å². The van der Waals surface area contributed by atoms with Crippen LogP contribution in [0.1, 0.15) is 24.3 Å². The molecule has 0 radical (unpaired) electrons. The van der Waals surface area contributed by atoms with E-state index in [9.17, 15) is 4.79 Å². The monoisotopic (exact) mass is 399 g/mol. The van der Waals surface area contributed by atoms with Gasteiger partial charge < -0.3 is 9.42 Å². The van der Waals surface area contributed by atoms with Crippen LogP contribution >= 0.6 is 0 Å². The number of fused-ring (bicyclic) bond motifs is 1. The molecule has 7 heteroatoms. The molecule has 1 aliphatic rings. The lowest BCUT2D eigenvalue weighted by atomic mass is 9.98. The number of nitrogens with zero attached hydrogens (tertiary/aromatic N) is 5. The second-order valence-corrected chi connectivity index (χ2v) is 7.44. The van der Waals surface area contributed by atoms with Crippen LogP contribution in [0, 0.1) is 0 Å². The molecule has 0 saturated carbocycles. The molecule has 0 saturated heterocycles. The third-order valence-electron chi connectivity index (χ3n) is 5.60.